The van der Waals surface area contributed by atoms with Gasteiger partial charge >= 0.3 is 0 Å². The topological polar surface area (TPSA) is 58.4 Å². The van der Waals surface area contributed by atoms with Gasteiger partial charge in [0.05, 0.1) is 0 Å². The van der Waals surface area contributed by atoms with Crippen molar-refractivity contribution in [3.8, 4) is 0 Å². The number of rotatable bonds is 3. The minimum Gasteiger partial charge on any atom is -0.356 e. The third-order valence-corrected chi connectivity index (χ3v) is 3.63. The molecule has 1 amide bonds. The van der Waals surface area contributed by atoms with E-state index in [4.69, 9.17) is 5.73 Å². The quantitative estimate of drug-likeness (QED) is 0.866. The highest BCUT2D eigenvalue weighted by Crippen LogP contribution is 2.29. The predicted octanol–water partition coefficient (Wildman–Crippen LogP) is 1.46. The van der Waals surface area contributed by atoms with Crippen LogP contribution >= 0.6 is 0 Å². The molecule has 1 saturated heterocycles. The fourth-order valence-corrected chi connectivity index (χ4v) is 2.69. The molecule has 0 saturated carbocycles. The number of carbonyl (C=O) groups excluding carboxylic acids is 1. The lowest BCUT2D eigenvalue weighted by atomic mass is 9.98. The number of nitrogens with zero attached hydrogens (tertiary/aromatic N) is 1. The predicted molar refractivity (Wildman–Crippen MR) is 78.3 cm³/mol. The second kappa shape index (κ2) is 5.61. The van der Waals surface area contributed by atoms with E-state index < -0.39 is 0 Å². The van der Waals surface area contributed by atoms with Gasteiger partial charge in [-0.15, -0.1) is 0 Å². The van der Waals surface area contributed by atoms with Gasteiger partial charge in [-0.3, -0.25) is 4.79 Å². The fraction of sp³-hybridized carbons (Fsp3) is 0.533. The molecule has 2 unspecified atom stereocenters. The Bertz CT molecular complexity index is 458. The smallest absolute Gasteiger partial charge is 0.244 e. The van der Waals surface area contributed by atoms with Crippen LogP contribution in [0.25, 0.3) is 0 Å². The summed E-state index contributed by atoms with van der Waals surface area (Å²) < 4.78 is 0. The molecule has 2 rings (SSSR count). The molecule has 0 aromatic heterocycles. The molecule has 0 spiro atoms. The molecule has 3 N–H and O–H groups in total. The molecule has 1 fully saturated rings. The van der Waals surface area contributed by atoms with E-state index in [9.17, 15) is 4.79 Å². The van der Waals surface area contributed by atoms with Crippen LogP contribution in [0.4, 0.5) is 5.69 Å². The van der Waals surface area contributed by atoms with Crippen LogP contribution in [0, 0.1) is 0 Å². The van der Waals surface area contributed by atoms with Crippen molar-refractivity contribution in [1.29, 1.82) is 0 Å². The molecule has 4 heteroatoms. The van der Waals surface area contributed by atoms with E-state index in [1.165, 1.54) is 5.56 Å². The Kier molecular flexibility index (Phi) is 4.10. The lowest BCUT2D eigenvalue weighted by Crippen LogP contribution is -2.62. The van der Waals surface area contributed by atoms with E-state index in [-0.39, 0.29) is 18.0 Å². The van der Waals surface area contributed by atoms with Gasteiger partial charge in [0.1, 0.15) is 6.04 Å². The molecule has 1 aliphatic heterocycles. The molecule has 1 heterocycles. The number of hydrogen-bond acceptors (Lipinski definition) is 3. The summed E-state index contributed by atoms with van der Waals surface area (Å²) in [5.41, 5.74) is 8.19. The van der Waals surface area contributed by atoms with Crippen molar-refractivity contribution in [2.45, 2.75) is 38.8 Å². The molecule has 0 aliphatic carbocycles. The lowest BCUT2D eigenvalue weighted by Gasteiger charge is -2.40. The van der Waals surface area contributed by atoms with Crippen LogP contribution in [0.5, 0.6) is 0 Å². The largest absolute Gasteiger partial charge is 0.356 e. The second-order valence-corrected chi connectivity index (χ2v) is 5.53. The van der Waals surface area contributed by atoms with E-state index in [0.29, 0.717) is 12.5 Å². The van der Waals surface area contributed by atoms with Gasteiger partial charge in [-0.25, -0.2) is 0 Å². The number of nitrogens with one attached hydrogen (secondary N) is 1. The normalized spacial score (nSPS) is 23.6. The summed E-state index contributed by atoms with van der Waals surface area (Å²) in [4.78, 5) is 14.2. The molecule has 1 aromatic carbocycles. The minimum absolute atomic E-state index is 0.0276. The van der Waals surface area contributed by atoms with Gasteiger partial charge in [0.25, 0.3) is 0 Å². The Balaban J connectivity index is 2.40. The van der Waals surface area contributed by atoms with Crippen molar-refractivity contribution in [3.05, 3.63) is 29.8 Å². The zero-order valence-corrected chi connectivity index (χ0v) is 11.9. The number of benzene rings is 1. The van der Waals surface area contributed by atoms with Gasteiger partial charge in [-0.05, 0) is 24.5 Å². The number of piperazine rings is 1. The molecule has 2 atom stereocenters. The van der Waals surface area contributed by atoms with Gasteiger partial charge in [0, 0.05) is 24.8 Å². The van der Waals surface area contributed by atoms with Crippen molar-refractivity contribution >= 4 is 11.6 Å². The maximum Gasteiger partial charge on any atom is 0.244 e. The number of carbonyl (C=O) groups is 1. The number of anilines is 1. The van der Waals surface area contributed by atoms with Crippen LogP contribution in [0.15, 0.2) is 24.3 Å². The summed E-state index contributed by atoms with van der Waals surface area (Å²) in [5.74, 6) is 0.453. The molecular weight excluding hydrogens is 238 g/mol. The Morgan fingerprint density at radius 1 is 1.42 bits per heavy atom. The van der Waals surface area contributed by atoms with E-state index >= 15 is 0 Å². The first-order valence-electron chi connectivity index (χ1n) is 6.90. The second-order valence-electron chi connectivity index (χ2n) is 5.53. The highest BCUT2D eigenvalue weighted by Gasteiger charge is 2.32. The summed E-state index contributed by atoms with van der Waals surface area (Å²) in [6.45, 7) is 7.51. The van der Waals surface area contributed by atoms with Crippen LogP contribution in [0.3, 0.4) is 0 Å². The van der Waals surface area contributed by atoms with Crippen LogP contribution < -0.4 is 16.0 Å². The zero-order chi connectivity index (χ0) is 14.0. The first-order valence-corrected chi connectivity index (χ1v) is 6.90. The molecule has 4 nitrogen and oxygen atoms in total. The van der Waals surface area contributed by atoms with Gasteiger partial charge in [-0.1, -0.05) is 32.0 Å². The van der Waals surface area contributed by atoms with Gasteiger partial charge in [-0.2, -0.15) is 0 Å². The Labute approximate surface area is 115 Å². The Hall–Kier alpha value is -1.55. The van der Waals surface area contributed by atoms with Crippen molar-refractivity contribution in [2.24, 2.45) is 5.73 Å². The fourth-order valence-electron chi connectivity index (χ4n) is 2.69. The number of hydrogen-bond donors (Lipinski definition) is 2. The summed E-state index contributed by atoms with van der Waals surface area (Å²) in [6.07, 6.45) is 0. The Morgan fingerprint density at radius 2 is 2.11 bits per heavy atom. The van der Waals surface area contributed by atoms with Gasteiger partial charge in [0.2, 0.25) is 5.91 Å². The first kappa shape index (κ1) is 13.9. The van der Waals surface area contributed by atoms with Crippen LogP contribution in [0.2, 0.25) is 0 Å². The van der Waals surface area contributed by atoms with E-state index in [1.54, 1.807) is 0 Å². The van der Waals surface area contributed by atoms with Gasteiger partial charge < -0.3 is 16.0 Å². The summed E-state index contributed by atoms with van der Waals surface area (Å²) >= 11 is 0. The number of para-hydroxylation sites is 1. The number of nitrogens with two attached hydrogens (primary N) is 1. The Morgan fingerprint density at radius 3 is 2.74 bits per heavy atom. The molecule has 1 aliphatic rings. The minimum atomic E-state index is -0.268. The highest BCUT2D eigenvalue weighted by atomic mass is 16.2. The monoisotopic (exact) mass is 261 g/mol. The van der Waals surface area contributed by atoms with E-state index in [2.05, 4.69) is 36.2 Å². The van der Waals surface area contributed by atoms with E-state index in [0.717, 1.165) is 12.2 Å². The third-order valence-electron chi connectivity index (χ3n) is 3.63. The average Bonchev–Trinajstić information content (AvgIpc) is 2.37. The SMILES string of the molecule is CC1CN(c2ccccc2C(C)C)C(CN)C(=O)N1. The highest BCUT2D eigenvalue weighted by molar-refractivity contribution is 5.87. The molecule has 104 valence electrons. The summed E-state index contributed by atoms with van der Waals surface area (Å²) in [5, 5.41) is 2.97. The van der Waals surface area contributed by atoms with Crippen molar-refractivity contribution in [3.63, 3.8) is 0 Å². The van der Waals surface area contributed by atoms with Crippen molar-refractivity contribution < 1.29 is 4.79 Å². The van der Waals surface area contributed by atoms with E-state index in [1.807, 2.05) is 19.1 Å². The molecule has 0 radical (unpaired) electrons. The lowest BCUT2D eigenvalue weighted by molar-refractivity contribution is -0.123. The van der Waals surface area contributed by atoms with Gasteiger partial charge in [0.15, 0.2) is 0 Å². The third kappa shape index (κ3) is 2.73. The van der Waals surface area contributed by atoms with Crippen LogP contribution in [-0.4, -0.2) is 31.1 Å². The summed E-state index contributed by atoms with van der Waals surface area (Å²) in [6, 6.07) is 8.16. The maximum atomic E-state index is 12.1. The molecular formula is C15H23N3O. The van der Waals surface area contributed by atoms with Crippen molar-refractivity contribution in [1.82, 2.24) is 5.32 Å². The molecule has 1 aromatic rings. The van der Waals surface area contributed by atoms with Crippen LogP contribution in [0.1, 0.15) is 32.3 Å². The molecule has 0 bridgehead atoms. The number of amides is 1. The van der Waals surface area contributed by atoms with Crippen molar-refractivity contribution in [2.75, 3.05) is 18.0 Å². The molecule has 19 heavy (non-hydrogen) atoms. The maximum absolute atomic E-state index is 12.1. The summed E-state index contributed by atoms with van der Waals surface area (Å²) in [7, 11) is 0. The zero-order valence-electron chi connectivity index (χ0n) is 11.9. The standard InChI is InChI=1S/C15H23N3O/c1-10(2)12-6-4-5-7-13(12)18-9-11(3)17-15(19)14(18)8-16/h4-7,10-11,14H,8-9,16H2,1-3H3,(H,17,19). The average molecular weight is 261 g/mol. The first-order chi connectivity index (χ1) is 9.04. The van der Waals surface area contributed by atoms with Crippen LogP contribution in [-0.2, 0) is 4.79 Å².